The van der Waals surface area contributed by atoms with Crippen molar-refractivity contribution in [3.8, 4) is 0 Å². The van der Waals surface area contributed by atoms with E-state index >= 15 is 0 Å². The Hall–Kier alpha value is -1.02. The van der Waals surface area contributed by atoms with Crippen molar-refractivity contribution in [2.75, 3.05) is 19.6 Å². The first kappa shape index (κ1) is 32.6. The molecule has 1 heterocycles. The van der Waals surface area contributed by atoms with Gasteiger partial charge in [0.2, 0.25) is 0 Å². The van der Waals surface area contributed by atoms with Gasteiger partial charge in [-0.25, -0.2) is 0 Å². The number of nitrogens with two attached hydrogens (primary N) is 1. The average molecular weight is 369 g/mol. The number of unbranched alkanes of at least 4 members (excludes halogenated alkanes) is 1. The monoisotopic (exact) mass is 368 g/mol. The van der Waals surface area contributed by atoms with Crippen LogP contribution in [-0.4, -0.2) is 24.5 Å². The molecule has 1 rings (SSSR count). The predicted octanol–water partition coefficient (Wildman–Crippen LogP) is 7.58. The number of hydrogen-bond acceptors (Lipinski definition) is 2. The van der Waals surface area contributed by atoms with Crippen LogP contribution in [-0.2, 0) is 0 Å². The minimum atomic E-state index is 0.870. The number of likely N-dealkylation sites (tertiary alicyclic amines) is 1. The Morgan fingerprint density at radius 3 is 1.96 bits per heavy atom. The van der Waals surface area contributed by atoms with E-state index in [1.165, 1.54) is 45.2 Å². The molecular weight excluding hydrogens is 316 g/mol. The molecule has 1 atom stereocenters. The highest BCUT2D eigenvalue weighted by Crippen LogP contribution is 2.14. The van der Waals surface area contributed by atoms with E-state index in [0.29, 0.717) is 0 Å². The van der Waals surface area contributed by atoms with Gasteiger partial charge in [0, 0.05) is 13.1 Å². The highest BCUT2D eigenvalue weighted by molar-refractivity contribution is 4.82. The number of nitrogens with zero attached hydrogens (tertiary/aromatic N) is 1. The van der Waals surface area contributed by atoms with E-state index in [4.69, 9.17) is 5.73 Å². The molecule has 1 unspecified atom stereocenters. The summed E-state index contributed by atoms with van der Waals surface area (Å²) in [6, 6.07) is 0. The molecule has 0 saturated carbocycles. The number of piperidine rings is 1. The van der Waals surface area contributed by atoms with Crippen LogP contribution in [0, 0.1) is 5.92 Å². The van der Waals surface area contributed by atoms with Gasteiger partial charge in [0.05, 0.1) is 0 Å². The Morgan fingerprint density at radius 2 is 1.65 bits per heavy atom. The molecule has 2 nitrogen and oxygen atoms in total. The van der Waals surface area contributed by atoms with E-state index in [-0.39, 0.29) is 0 Å². The topological polar surface area (TPSA) is 29.3 Å². The fourth-order valence-corrected chi connectivity index (χ4v) is 2.00. The molecule has 2 heteroatoms. The molecular formula is C24H52N2. The number of hydrogen-bond donors (Lipinski definition) is 1. The van der Waals surface area contributed by atoms with E-state index in [1.807, 2.05) is 26.0 Å². The zero-order valence-corrected chi connectivity index (χ0v) is 19.6. The van der Waals surface area contributed by atoms with Crippen LogP contribution in [0.4, 0.5) is 0 Å². The van der Waals surface area contributed by atoms with Gasteiger partial charge in [-0.3, -0.25) is 4.90 Å². The molecule has 0 radical (unpaired) electrons. The summed E-state index contributed by atoms with van der Waals surface area (Å²) in [6.45, 7) is 23.9. The molecule has 2 N–H and O–H groups in total. The van der Waals surface area contributed by atoms with Crippen molar-refractivity contribution in [2.24, 2.45) is 11.7 Å². The minimum absolute atomic E-state index is 0.870. The molecule has 26 heavy (non-hydrogen) atoms. The van der Waals surface area contributed by atoms with Gasteiger partial charge in [-0.2, -0.15) is 0 Å². The van der Waals surface area contributed by atoms with E-state index in [1.54, 1.807) is 6.20 Å². The van der Waals surface area contributed by atoms with Crippen LogP contribution >= 0.6 is 0 Å². The molecule has 1 saturated heterocycles. The van der Waals surface area contributed by atoms with Crippen molar-refractivity contribution < 1.29 is 0 Å². The summed E-state index contributed by atoms with van der Waals surface area (Å²) in [5.41, 5.74) is 5.27. The molecule has 0 aromatic carbocycles. The van der Waals surface area contributed by atoms with Crippen LogP contribution in [0.1, 0.15) is 93.9 Å². The van der Waals surface area contributed by atoms with Crippen molar-refractivity contribution >= 4 is 0 Å². The van der Waals surface area contributed by atoms with Crippen molar-refractivity contribution in [1.82, 2.24) is 4.90 Å². The molecule has 1 aliphatic heterocycles. The molecule has 0 aromatic rings. The lowest BCUT2D eigenvalue weighted by atomic mass is 10.0. The predicted molar refractivity (Wildman–Crippen MR) is 126 cm³/mol. The molecule has 0 amide bonds. The highest BCUT2D eigenvalue weighted by Gasteiger charge is 2.14. The third-order valence-electron chi connectivity index (χ3n) is 3.22. The first-order valence-corrected chi connectivity index (χ1v) is 10.9. The number of allylic oxidation sites excluding steroid dienone is 3. The van der Waals surface area contributed by atoms with E-state index < -0.39 is 0 Å². The highest BCUT2D eigenvalue weighted by atomic mass is 15.1. The van der Waals surface area contributed by atoms with Crippen LogP contribution in [0.5, 0.6) is 0 Å². The van der Waals surface area contributed by atoms with Gasteiger partial charge in [-0.05, 0) is 51.3 Å². The average Bonchev–Trinajstić information content (AvgIpc) is 2.67. The quantitative estimate of drug-likeness (QED) is 0.507. The van der Waals surface area contributed by atoms with Crippen LogP contribution < -0.4 is 5.73 Å². The maximum absolute atomic E-state index is 5.27. The Balaban J connectivity index is -0.000000137. The van der Waals surface area contributed by atoms with Crippen molar-refractivity contribution in [3.05, 3.63) is 37.1 Å². The fourth-order valence-electron chi connectivity index (χ4n) is 2.00. The summed E-state index contributed by atoms with van der Waals surface area (Å²) in [7, 11) is 0. The molecule has 0 aliphatic carbocycles. The third kappa shape index (κ3) is 38.5. The summed E-state index contributed by atoms with van der Waals surface area (Å²) in [6.07, 6.45) is 17.4. The van der Waals surface area contributed by atoms with Gasteiger partial charge in [-0.15, -0.1) is 6.58 Å². The Morgan fingerprint density at radius 1 is 1.12 bits per heavy atom. The summed E-state index contributed by atoms with van der Waals surface area (Å²) in [5, 5.41) is 0. The third-order valence-corrected chi connectivity index (χ3v) is 3.22. The normalized spacial score (nSPS) is 16.1. The fraction of sp³-hybridized carbons (Fsp3) is 0.750. The zero-order valence-electron chi connectivity index (χ0n) is 19.6. The molecule has 158 valence electrons. The molecule has 0 aromatic heterocycles. The van der Waals surface area contributed by atoms with Crippen LogP contribution in [0.3, 0.4) is 0 Å². The largest absolute Gasteiger partial charge is 0.405 e. The Kier molecular flexibility index (Phi) is 44.1. The van der Waals surface area contributed by atoms with E-state index in [9.17, 15) is 0 Å². The molecule has 0 spiro atoms. The van der Waals surface area contributed by atoms with Crippen LogP contribution in [0.15, 0.2) is 37.1 Å². The lowest BCUT2D eigenvalue weighted by Crippen LogP contribution is -2.34. The first-order chi connectivity index (χ1) is 12.6. The summed E-state index contributed by atoms with van der Waals surface area (Å²) < 4.78 is 0. The van der Waals surface area contributed by atoms with Crippen molar-refractivity contribution in [1.29, 1.82) is 0 Å². The SMILES string of the molecule is C/C=C/CCC.C=CCC.CC.CC1CCCN(C/C=C\N)C1.CCC. The zero-order chi connectivity index (χ0) is 21.1. The van der Waals surface area contributed by atoms with Gasteiger partial charge in [0.15, 0.2) is 0 Å². The smallest absolute Gasteiger partial charge is 0.0180 e. The van der Waals surface area contributed by atoms with Crippen molar-refractivity contribution in [3.63, 3.8) is 0 Å². The Labute approximate surface area is 167 Å². The maximum atomic E-state index is 5.27. The first-order valence-electron chi connectivity index (χ1n) is 10.9. The second-order valence-electron chi connectivity index (χ2n) is 6.20. The maximum Gasteiger partial charge on any atom is 0.0180 e. The summed E-state index contributed by atoms with van der Waals surface area (Å²) >= 11 is 0. The van der Waals surface area contributed by atoms with Crippen molar-refractivity contribution in [2.45, 2.75) is 93.9 Å². The molecule has 1 fully saturated rings. The van der Waals surface area contributed by atoms with Gasteiger partial charge in [0.25, 0.3) is 0 Å². The van der Waals surface area contributed by atoms with Crippen LogP contribution in [0.2, 0.25) is 0 Å². The van der Waals surface area contributed by atoms with Gasteiger partial charge >= 0.3 is 0 Å². The lowest BCUT2D eigenvalue weighted by Gasteiger charge is -2.29. The van der Waals surface area contributed by atoms with Crippen LogP contribution in [0.25, 0.3) is 0 Å². The summed E-state index contributed by atoms with van der Waals surface area (Å²) in [4.78, 5) is 2.46. The summed E-state index contributed by atoms with van der Waals surface area (Å²) in [5.74, 6) is 0.870. The minimum Gasteiger partial charge on any atom is -0.405 e. The number of rotatable bonds is 5. The van der Waals surface area contributed by atoms with Gasteiger partial charge in [-0.1, -0.05) is 85.6 Å². The standard InChI is InChI=1S/C9H18N2.C6H12.C4H8.C3H8.C2H6/c1-9-4-2-6-11(8-9)7-3-5-10;1-3-5-6-4-2;1-3-4-2;1-3-2;1-2/h3,5,9H,2,4,6-8,10H2,1H3;3,5H,4,6H2,1-2H3;3H,1,4H2,2H3;3H2,1-2H3;1-2H3/b5-3-;5-3+;;;. The molecule has 1 aliphatic rings. The lowest BCUT2D eigenvalue weighted by molar-refractivity contribution is 0.201. The second-order valence-corrected chi connectivity index (χ2v) is 6.20. The Bertz CT molecular complexity index is 269. The molecule has 0 bridgehead atoms. The van der Waals surface area contributed by atoms with Gasteiger partial charge in [0.1, 0.15) is 0 Å². The van der Waals surface area contributed by atoms with E-state index in [2.05, 4.69) is 65.2 Å². The second kappa shape index (κ2) is 35.2. The van der Waals surface area contributed by atoms with E-state index in [0.717, 1.165) is 18.9 Å². The van der Waals surface area contributed by atoms with Gasteiger partial charge < -0.3 is 5.73 Å².